The minimum absolute atomic E-state index is 0.0816. The number of benzene rings is 2. The largest absolute Gasteiger partial charge is 0.355 e. The molecule has 0 aliphatic carbocycles. The van der Waals surface area contributed by atoms with Crippen LogP contribution in [0.1, 0.15) is 16.8 Å². The van der Waals surface area contributed by atoms with Gasteiger partial charge in [-0.3, -0.25) is 9.59 Å². The number of fused-ring (bicyclic) bond motifs is 1. The molecule has 5 heteroatoms. The van der Waals surface area contributed by atoms with Crippen LogP contribution in [-0.4, -0.2) is 23.4 Å². The molecule has 2 N–H and O–H groups in total. The lowest BCUT2D eigenvalue weighted by atomic mass is 10.2. The Labute approximate surface area is 140 Å². The van der Waals surface area contributed by atoms with Gasteiger partial charge in [-0.05, 0) is 35.7 Å². The minimum atomic E-state index is -0.176. The van der Waals surface area contributed by atoms with Crippen LogP contribution in [0.4, 0.5) is 5.69 Å². The van der Waals surface area contributed by atoms with E-state index in [9.17, 15) is 9.59 Å². The molecule has 0 saturated carbocycles. The summed E-state index contributed by atoms with van der Waals surface area (Å²) in [6, 6.07) is 17.0. The van der Waals surface area contributed by atoms with E-state index in [1.165, 1.54) is 0 Å². The first-order chi connectivity index (χ1) is 11.7. The number of anilines is 1. The number of hydrogen-bond donors (Lipinski definition) is 2. The highest BCUT2D eigenvalue weighted by atomic mass is 16.2. The summed E-state index contributed by atoms with van der Waals surface area (Å²) in [5.74, 6) is -0.258. The summed E-state index contributed by atoms with van der Waals surface area (Å²) in [6.07, 6.45) is 2.35. The summed E-state index contributed by atoms with van der Waals surface area (Å²) >= 11 is 0. The molecule has 0 bridgehead atoms. The molecule has 0 radical (unpaired) electrons. The molecular weight excluding hydrogens is 302 g/mol. The fourth-order valence-electron chi connectivity index (χ4n) is 2.66. The number of aryl methyl sites for hydroxylation is 1. The minimum Gasteiger partial charge on any atom is -0.355 e. The Morgan fingerprint density at radius 2 is 1.88 bits per heavy atom. The second-order valence-corrected chi connectivity index (χ2v) is 5.53. The van der Waals surface area contributed by atoms with Crippen molar-refractivity contribution in [2.45, 2.75) is 13.0 Å². The van der Waals surface area contributed by atoms with Crippen molar-refractivity contribution < 1.29 is 9.59 Å². The van der Waals surface area contributed by atoms with E-state index >= 15 is 0 Å². The van der Waals surface area contributed by atoms with Gasteiger partial charge in [0.1, 0.15) is 0 Å². The summed E-state index contributed by atoms with van der Waals surface area (Å²) in [7, 11) is 1.58. The molecule has 122 valence electrons. The van der Waals surface area contributed by atoms with E-state index in [1.807, 2.05) is 30.5 Å². The van der Waals surface area contributed by atoms with E-state index in [4.69, 9.17) is 0 Å². The maximum absolute atomic E-state index is 12.2. The van der Waals surface area contributed by atoms with Crippen LogP contribution in [0.15, 0.2) is 60.8 Å². The maximum Gasteiger partial charge on any atom is 0.251 e. The molecule has 1 heterocycles. The highest BCUT2D eigenvalue weighted by Gasteiger charge is 2.07. The summed E-state index contributed by atoms with van der Waals surface area (Å²) in [4.78, 5) is 23.8. The Bertz CT molecular complexity index is 883. The average molecular weight is 321 g/mol. The summed E-state index contributed by atoms with van der Waals surface area (Å²) in [5.41, 5.74) is 2.26. The van der Waals surface area contributed by atoms with Gasteiger partial charge in [-0.2, -0.15) is 0 Å². The fraction of sp³-hybridized carbons (Fsp3) is 0.158. The molecule has 1 aromatic heterocycles. The topological polar surface area (TPSA) is 63.1 Å². The Balaban J connectivity index is 1.63. The number of carbonyl (C=O) groups is 2. The van der Waals surface area contributed by atoms with Gasteiger partial charge in [-0.15, -0.1) is 0 Å². The summed E-state index contributed by atoms with van der Waals surface area (Å²) in [5, 5.41) is 6.57. The molecule has 24 heavy (non-hydrogen) atoms. The molecule has 5 nitrogen and oxygen atoms in total. The first-order valence-electron chi connectivity index (χ1n) is 7.83. The number of nitrogens with zero attached hydrogens (tertiary/aromatic N) is 1. The Morgan fingerprint density at radius 1 is 1.04 bits per heavy atom. The maximum atomic E-state index is 12.2. The quantitative estimate of drug-likeness (QED) is 0.759. The van der Waals surface area contributed by atoms with Crippen LogP contribution in [-0.2, 0) is 11.3 Å². The van der Waals surface area contributed by atoms with Gasteiger partial charge in [0.05, 0.1) is 0 Å². The van der Waals surface area contributed by atoms with Gasteiger partial charge in [0, 0.05) is 43.0 Å². The van der Waals surface area contributed by atoms with Gasteiger partial charge < -0.3 is 15.2 Å². The molecule has 0 aliphatic rings. The van der Waals surface area contributed by atoms with Gasteiger partial charge in [0.25, 0.3) is 5.91 Å². The number of hydrogen-bond acceptors (Lipinski definition) is 2. The van der Waals surface area contributed by atoms with Crippen molar-refractivity contribution in [3.05, 3.63) is 66.4 Å². The molecule has 2 amide bonds. The lowest BCUT2D eigenvalue weighted by Gasteiger charge is -2.08. The lowest BCUT2D eigenvalue weighted by Crippen LogP contribution is -2.18. The predicted molar refractivity (Wildman–Crippen MR) is 95.0 cm³/mol. The third kappa shape index (κ3) is 3.46. The molecule has 0 aliphatic heterocycles. The Hall–Kier alpha value is -3.08. The van der Waals surface area contributed by atoms with E-state index in [2.05, 4.69) is 21.3 Å². The molecule has 3 aromatic rings. The standard InChI is InChI=1S/C19H19N3O2/c1-20-19(24)15-6-4-7-16(13-15)21-18(23)10-12-22-11-9-14-5-2-3-8-17(14)22/h2-9,11,13H,10,12H2,1H3,(H,20,24)(H,21,23). The number of carbonyl (C=O) groups excluding carboxylic acids is 2. The summed E-state index contributed by atoms with van der Waals surface area (Å²) < 4.78 is 2.07. The third-order valence-corrected chi connectivity index (χ3v) is 3.90. The van der Waals surface area contributed by atoms with Gasteiger partial charge in [-0.25, -0.2) is 0 Å². The van der Waals surface area contributed by atoms with Crippen LogP contribution >= 0.6 is 0 Å². The molecule has 3 rings (SSSR count). The second-order valence-electron chi connectivity index (χ2n) is 5.53. The van der Waals surface area contributed by atoms with Crippen molar-refractivity contribution in [3.63, 3.8) is 0 Å². The highest BCUT2D eigenvalue weighted by Crippen LogP contribution is 2.16. The Morgan fingerprint density at radius 3 is 2.71 bits per heavy atom. The van der Waals surface area contributed by atoms with E-state index in [1.54, 1.807) is 31.3 Å². The van der Waals surface area contributed by atoms with Crippen molar-refractivity contribution in [2.24, 2.45) is 0 Å². The second kappa shape index (κ2) is 7.00. The van der Waals surface area contributed by atoms with Gasteiger partial charge >= 0.3 is 0 Å². The van der Waals surface area contributed by atoms with E-state index in [0.717, 1.165) is 10.9 Å². The predicted octanol–water partition coefficient (Wildman–Crippen LogP) is 3.03. The molecular formula is C19H19N3O2. The molecule has 0 fully saturated rings. The molecule has 0 atom stereocenters. The number of aromatic nitrogens is 1. The number of nitrogens with one attached hydrogen (secondary N) is 2. The van der Waals surface area contributed by atoms with Crippen molar-refractivity contribution in [3.8, 4) is 0 Å². The molecule has 2 aromatic carbocycles. The van der Waals surface area contributed by atoms with Gasteiger partial charge in [-0.1, -0.05) is 24.3 Å². The Kier molecular flexibility index (Phi) is 4.61. The normalized spacial score (nSPS) is 10.5. The zero-order valence-electron chi connectivity index (χ0n) is 13.5. The van der Waals surface area contributed by atoms with E-state index in [-0.39, 0.29) is 11.8 Å². The third-order valence-electron chi connectivity index (χ3n) is 3.90. The highest BCUT2D eigenvalue weighted by molar-refractivity contribution is 5.97. The van der Waals surface area contributed by atoms with Gasteiger partial charge in [0.2, 0.25) is 5.91 Å². The summed E-state index contributed by atoms with van der Waals surface area (Å²) in [6.45, 7) is 0.606. The molecule has 0 spiro atoms. The zero-order chi connectivity index (χ0) is 16.9. The fourth-order valence-corrected chi connectivity index (χ4v) is 2.66. The van der Waals surface area contributed by atoms with Crippen LogP contribution in [0.2, 0.25) is 0 Å². The van der Waals surface area contributed by atoms with Crippen LogP contribution in [0.5, 0.6) is 0 Å². The molecule has 0 unspecified atom stereocenters. The first kappa shape index (κ1) is 15.8. The molecule has 0 saturated heterocycles. The van der Waals surface area contributed by atoms with Crippen molar-refractivity contribution in [1.29, 1.82) is 0 Å². The van der Waals surface area contributed by atoms with E-state index in [0.29, 0.717) is 24.2 Å². The van der Waals surface area contributed by atoms with E-state index < -0.39 is 0 Å². The van der Waals surface area contributed by atoms with Crippen molar-refractivity contribution >= 4 is 28.4 Å². The van der Waals surface area contributed by atoms with Gasteiger partial charge in [0.15, 0.2) is 0 Å². The van der Waals surface area contributed by atoms with Crippen LogP contribution in [0.3, 0.4) is 0 Å². The van der Waals surface area contributed by atoms with Crippen LogP contribution in [0, 0.1) is 0 Å². The van der Waals surface area contributed by atoms with Crippen LogP contribution < -0.4 is 10.6 Å². The van der Waals surface area contributed by atoms with Crippen LogP contribution in [0.25, 0.3) is 10.9 Å². The van der Waals surface area contributed by atoms with Crippen molar-refractivity contribution in [1.82, 2.24) is 9.88 Å². The van der Waals surface area contributed by atoms with Crippen molar-refractivity contribution in [2.75, 3.05) is 12.4 Å². The number of para-hydroxylation sites is 1. The zero-order valence-corrected chi connectivity index (χ0v) is 13.5. The number of rotatable bonds is 5. The lowest BCUT2D eigenvalue weighted by molar-refractivity contribution is -0.116. The SMILES string of the molecule is CNC(=O)c1cccc(NC(=O)CCn2ccc3ccccc32)c1. The monoisotopic (exact) mass is 321 g/mol. The smallest absolute Gasteiger partial charge is 0.251 e. The number of amides is 2. The average Bonchev–Trinajstić information content (AvgIpc) is 3.03. The first-order valence-corrected chi connectivity index (χ1v) is 7.83.